The van der Waals surface area contributed by atoms with Gasteiger partial charge in [-0.05, 0) is 54.6 Å². The van der Waals surface area contributed by atoms with Gasteiger partial charge in [-0.1, -0.05) is 15.9 Å². The zero-order chi connectivity index (χ0) is 19.7. The van der Waals surface area contributed by atoms with E-state index in [1.807, 2.05) is 18.2 Å². The Hall–Kier alpha value is -3.39. The SMILES string of the molecule is O=[N+]([O-])c1ccc(C2=NC(c3ccc(F)cc3)=Nc3ccc(Br)cc3N2)cc1. The highest BCUT2D eigenvalue weighted by Gasteiger charge is 2.16. The average molecular weight is 439 g/mol. The number of rotatable bonds is 3. The Balaban J connectivity index is 1.84. The predicted molar refractivity (Wildman–Crippen MR) is 110 cm³/mol. The van der Waals surface area contributed by atoms with Gasteiger partial charge in [0.1, 0.15) is 11.7 Å². The van der Waals surface area contributed by atoms with Gasteiger partial charge in [-0.25, -0.2) is 14.4 Å². The van der Waals surface area contributed by atoms with Crippen molar-refractivity contribution in [2.75, 3.05) is 5.32 Å². The minimum absolute atomic E-state index is 0.00598. The molecule has 0 bridgehead atoms. The molecule has 0 unspecified atom stereocenters. The maximum Gasteiger partial charge on any atom is 0.269 e. The normalized spacial score (nSPS) is 12.9. The third kappa shape index (κ3) is 3.67. The number of anilines is 1. The van der Waals surface area contributed by atoms with E-state index in [1.165, 1.54) is 24.3 Å². The summed E-state index contributed by atoms with van der Waals surface area (Å²) in [6, 6.07) is 17.6. The molecule has 138 valence electrons. The average Bonchev–Trinajstić information content (AvgIpc) is 2.88. The van der Waals surface area contributed by atoms with E-state index in [1.54, 1.807) is 24.3 Å². The number of aliphatic imine (C=N–C) groups is 2. The number of nitro groups is 1. The van der Waals surface area contributed by atoms with Gasteiger partial charge in [0.15, 0.2) is 5.84 Å². The summed E-state index contributed by atoms with van der Waals surface area (Å²) in [5.41, 5.74) is 2.70. The standard InChI is InChI=1S/C20H12BrFN4O2/c21-14-5-10-17-18(11-14)24-20(13-3-8-16(9-4-13)26(27)28)25-19(23-17)12-1-6-15(22)7-2-12/h1-11H,(H,23,24,25). The Kier molecular flexibility index (Phi) is 4.70. The zero-order valence-corrected chi connectivity index (χ0v) is 15.9. The summed E-state index contributed by atoms with van der Waals surface area (Å²) in [5, 5.41) is 14.2. The van der Waals surface area contributed by atoms with Gasteiger partial charge in [0.2, 0.25) is 0 Å². The Labute approximate surface area is 167 Å². The minimum Gasteiger partial charge on any atom is -0.338 e. The van der Waals surface area contributed by atoms with Gasteiger partial charge in [-0.15, -0.1) is 0 Å². The van der Waals surface area contributed by atoms with Crippen LogP contribution in [0.25, 0.3) is 0 Å². The lowest BCUT2D eigenvalue weighted by Gasteiger charge is -2.10. The molecule has 0 saturated heterocycles. The van der Waals surface area contributed by atoms with Crippen molar-refractivity contribution in [3.05, 3.63) is 98.3 Å². The summed E-state index contributed by atoms with van der Waals surface area (Å²) >= 11 is 3.44. The molecular weight excluding hydrogens is 427 g/mol. The fourth-order valence-corrected chi connectivity index (χ4v) is 3.07. The number of fused-ring (bicyclic) bond motifs is 1. The molecule has 3 aromatic carbocycles. The molecule has 1 aliphatic heterocycles. The summed E-state index contributed by atoms with van der Waals surface area (Å²) in [5.74, 6) is 0.539. The molecule has 0 saturated carbocycles. The highest BCUT2D eigenvalue weighted by atomic mass is 79.9. The Morgan fingerprint density at radius 2 is 1.61 bits per heavy atom. The molecule has 0 atom stereocenters. The first kappa shape index (κ1) is 18.0. The second-order valence-electron chi connectivity index (χ2n) is 5.99. The van der Waals surface area contributed by atoms with Crippen LogP contribution in [0.4, 0.5) is 21.5 Å². The van der Waals surface area contributed by atoms with Gasteiger partial charge in [0.25, 0.3) is 5.69 Å². The number of nitro benzene ring substituents is 1. The van der Waals surface area contributed by atoms with Crippen LogP contribution in [0.2, 0.25) is 0 Å². The second-order valence-corrected chi connectivity index (χ2v) is 6.91. The fraction of sp³-hybridized carbons (Fsp3) is 0. The van der Waals surface area contributed by atoms with Crippen LogP contribution in [0.1, 0.15) is 11.1 Å². The van der Waals surface area contributed by atoms with Crippen molar-refractivity contribution in [2.45, 2.75) is 0 Å². The molecular formula is C20H12BrFN4O2. The highest BCUT2D eigenvalue weighted by molar-refractivity contribution is 9.10. The molecule has 0 spiro atoms. The minimum atomic E-state index is -0.454. The fourth-order valence-electron chi connectivity index (χ4n) is 2.71. The summed E-state index contributed by atoms with van der Waals surface area (Å²) in [7, 11) is 0. The van der Waals surface area contributed by atoms with Crippen LogP contribution >= 0.6 is 15.9 Å². The largest absolute Gasteiger partial charge is 0.338 e. The molecule has 0 amide bonds. The topological polar surface area (TPSA) is 79.9 Å². The summed E-state index contributed by atoms with van der Waals surface area (Å²) in [4.78, 5) is 19.7. The first-order valence-corrected chi connectivity index (χ1v) is 9.03. The molecule has 3 aromatic rings. The van der Waals surface area contributed by atoms with Crippen LogP contribution in [-0.4, -0.2) is 16.6 Å². The van der Waals surface area contributed by atoms with E-state index in [0.29, 0.717) is 28.5 Å². The Bertz CT molecular complexity index is 1130. The van der Waals surface area contributed by atoms with Crippen molar-refractivity contribution in [2.24, 2.45) is 9.98 Å². The van der Waals surface area contributed by atoms with Crippen molar-refractivity contribution in [1.29, 1.82) is 0 Å². The molecule has 28 heavy (non-hydrogen) atoms. The smallest absolute Gasteiger partial charge is 0.269 e. The van der Waals surface area contributed by atoms with Gasteiger partial charge in [0.05, 0.1) is 16.3 Å². The van der Waals surface area contributed by atoms with Crippen LogP contribution in [0.5, 0.6) is 0 Å². The number of hydrogen-bond acceptors (Lipinski definition) is 5. The van der Waals surface area contributed by atoms with Crippen LogP contribution in [0, 0.1) is 15.9 Å². The summed E-state index contributed by atoms with van der Waals surface area (Å²) < 4.78 is 14.2. The van der Waals surface area contributed by atoms with Crippen molar-refractivity contribution in [3.8, 4) is 0 Å². The number of nitrogens with one attached hydrogen (secondary N) is 1. The molecule has 1 aliphatic rings. The van der Waals surface area contributed by atoms with Crippen molar-refractivity contribution >= 4 is 44.7 Å². The van der Waals surface area contributed by atoms with Gasteiger partial charge < -0.3 is 5.32 Å². The van der Waals surface area contributed by atoms with E-state index in [0.717, 1.165) is 10.2 Å². The van der Waals surface area contributed by atoms with Crippen molar-refractivity contribution < 1.29 is 9.31 Å². The molecule has 0 aliphatic carbocycles. The maximum absolute atomic E-state index is 13.3. The number of benzene rings is 3. The van der Waals surface area contributed by atoms with Crippen LogP contribution in [0.15, 0.2) is 81.2 Å². The molecule has 4 rings (SSSR count). The van der Waals surface area contributed by atoms with Crippen LogP contribution < -0.4 is 5.32 Å². The molecule has 6 nitrogen and oxygen atoms in total. The zero-order valence-electron chi connectivity index (χ0n) is 14.3. The van der Waals surface area contributed by atoms with Crippen LogP contribution in [-0.2, 0) is 0 Å². The van der Waals surface area contributed by atoms with Gasteiger partial charge in [-0.2, -0.15) is 0 Å². The van der Waals surface area contributed by atoms with Gasteiger partial charge in [-0.3, -0.25) is 10.1 Å². The molecule has 0 radical (unpaired) electrons. The molecule has 1 N–H and O–H groups in total. The first-order valence-electron chi connectivity index (χ1n) is 8.24. The lowest BCUT2D eigenvalue weighted by atomic mass is 10.1. The quantitative estimate of drug-likeness (QED) is 0.436. The Morgan fingerprint density at radius 3 is 2.29 bits per heavy atom. The first-order chi connectivity index (χ1) is 13.5. The van der Waals surface area contributed by atoms with E-state index in [2.05, 4.69) is 31.2 Å². The van der Waals surface area contributed by atoms with Gasteiger partial charge in [0, 0.05) is 27.7 Å². The van der Waals surface area contributed by atoms with E-state index in [9.17, 15) is 14.5 Å². The summed E-state index contributed by atoms with van der Waals surface area (Å²) in [6.07, 6.45) is 0. The number of halogens is 2. The van der Waals surface area contributed by atoms with Crippen molar-refractivity contribution in [1.82, 2.24) is 0 Å². The lowest BCUT2D eigenvalue weighted by molar-refractivity contribution is -0.384. The van der Waals surface area contributed by atoms with E-state index in [-0.39, 0.29) is 11.5 Å². The van der Waals surface area contributed by atoms with Gasteiger partial charge >= 0.3 is 0 Å². The molecule has 8 heteroatoms. The summed E-state index contributed by atoms with van der Waals surface area (Å²) in [6.45, 7) is 0. The predicted octanol–water partition coefficient (Wildman–Crippen LogP) is 5.45. The Morgan fingerprint density at radius 1 is 0.929 bits per heavy atom. The maximum atomic E-state index is 13.3. The van der Waals surface area contributed by atoms with Crippen molar-refractivity contribution in [3.63, 3.8) is 0 Å². The number of nitrogens with zero attached hydrogens (tertiary/aromatic N) is 3. The molecule has 0 fully saturated rings. The number of non-ortho nitro benzene ring substituents is 1. The highest BCUT2D eigenvalue weighted by Crippen LogP contribution is 2.32. The third-order valence-corrected chi connectivity index (χ3v) is 4.60. The number of amidine groups is 2. The second kappa shape index (κ2) is 7.32. The molecule has 0 aromatic heterocycles. The van der Waals surface area contributed by atoms with Crippen LogP contribution in [0.3, 0.4) is 0 Å². The lowest BCUT2D eigenvalue weighted by Crippen LogP contribution is -2.15. The number of hydrogen-bond donors (Lipinski definition) is 1. The van der Waals surface area contributed by atoms with E-state index in [4.69, 9.17) is 0 Å². The van der Waals surface area contributed by atoms with E-state index >= 15 is 0 Å². The monoisotopic (exact) mass is 438 g/mol. The molecule has 1 heterocycles. The van der Waals surface area contributed by atoms with E-state index < -0.39 is 4.92 Å². The third-order valence-electron chi connectivity index (χ3n) is 4.11.